The lowest BCUT2D eigenvalue weighted by atomic mass is 10.2. The number of nitrogens with one attached hydrogen (secondary N) is 1. The van der Waals surface area contributed by atoms with E-state index < -0.39 is 0 Å². The van der Waals surface area contributed by atoms with Crippen molar-refractivity contribution in [3.8, 4) is 6.07 Å². The molecule has 0 spiro atoms. The summed E-state index contributed by atoms with van der Waals surface area (Å²) in [7, 11) is 0. The second kappa shape index (κ2) is 5.24. The first-order valence-corrected chi connectivity index (χ1v) is 6.19. The fourth-order valence-electron chi connectivity index (χ4n) is 1.58. The number of nitrogens with two attached hydrogens (primary N) is 1. The molecule has 0 bridgehead atoms. The zero-order valence-corrected chi connectivity index (χ0v) is 11.6. The van der Waals surface area contributed by atoms with Crippen molar-refractivity contribution in [1.29, 1.82) is 5.26 Å². The molecule has 96 valence electrons. The number of nitriles is 1. The molecular formula is C13H10BrFN4. The summed E-state index contributed by atoms with van der Waals surface area (Å²) in [5, 5.41) is 11.9. The molecule has 0 unspecified atom stereocenters. The van der Waals surface area contributed by atoms with E-state index in [1.807, 2.05) is 6.07 Å². The molecule has 1 aromatic carbocycles. The smallest absolute Gasteiger partial charge is 0.154 e. The molecule has 1 heterocycles. The molecule has 0 fully saturated rings. The molecule has 19 heavy (non-hydrogen) atoms. The van der Waals surface area contributed by atoms with Crippen LogP contribution in [0.2, 0.25) is 0 Å². The van der Waals surface area contributed by atoms with Gasteiger partial charge in [0.15, 0.2) is 5.82 Å². The van der Waals surface area contributed by atoms with Crippen molar-refractivity contribution < 1.29 is 4.39 Å². The van der Waals surface area contributed by atoms with Crippen molar-refractivity contribution in [3.05, 3.63) is 45.8 Å². The lowest BCUT2D eigenvalue weighted by Crippen LogP contribution is -2.02. The highest BCUT2D eigenvalue weighted by atomic mass is 79.9. The molecular weight excluding hydrogens is 311 g/mol. The number of aryl methyl sites for hydroxylation is 1. The fraction of sp³-hybridized carbons (Fsp3) is 0.0769. The maximum atomic E-state index is 13.3. The average Bonchev–Trinajstić information content (AvgIpc) is 2.38. The number of nitrogens with zero attached hydrogens (tertiary/aromatic N) is 2. The zero-order chi connectivity index (χ0) is 14.0. The van der Waals surface area contributed by atoms with E-state index in [0.29, 0.717) is 27.1 Å². The van der Waals surface area contributed by atoms with Gasteiger partial charge in [0.25, 0.3) is 0 Å². The number of halogens is 2. The van der Waals surface area contributed by atoms with Gasteiger partial charge in [-0.05, 0) is 46.6 Å². The summed E-state index contributed by atoms with van der Waals surface area (Å²) >= 11 is 3.12. The summed E-state index contributed by atoms with van der Waals surface area (Å²) in [6.07, 6.45) is 1.49. The Morgan fingerprint density at radius 3 is 2.89 bits per heavy atom. The Bertz CT molecular complexity index is 679. The lowest BCUT2D eigenvalue weighted by Gasteiger charge is -2.12. The lowest BCUT2D eigenvalue weighted by molar-refractivity contribution is 0.620. The Hall–Kier alpha value is -2.13. The van der Waals surface area contributed by atoms with Crippen LogP contribution in [0.3, 0.4) is 0 Å². The van der Waals surface area contributed by atoms with E-state index in [9.17, 15) is 4.39 Å². The van der Waals surface area contributed by atoms with Crippen molar-refractivity contribution in [2.45, 2.75) is 6.92 Å². The van der Waals surface area contributed by atoms with E-state index in [2.05, 4.69) is 26.2 Å². The van der Waals surface area contributed by atoms with Gasteiger partial charge in [-0.1, -0.05) is 0 Å². The summed E-state index contributed by atoms with van der Waals surface area (Å²) < 4.78 is 13.7. The van der Waals surface area contributed by atoms with Gasteiger partial charge in [-0.25, -0.2) is 9.37 Å². The van der Waals surface area contributed by atoms with Crippen LogP contribution >= 0.6 is 15.9 Å². The van der Waals surface area contributed by atoms with Crippen LogP contribution in [-0.2, 0) is 0 Å². The summed E-state index contributed by atoms with van der Waals surface area (Å²) in [4.78, 5) is 4.08. The fourth-order valence-corrected chi connectivity index (χ4v) is 1.92. The highest BCUT2D eigenvalue weighted by Crippen LogP contribution is 2.29. The summed E-state index contributed by atoms with van der Waals surface area (Å²) in [6, 6.07) is 6.52. The standard InChI is InChI=1S/C13H10BrFN4/c1-7-4-10(15)9(14)5-11(7)19-13-12(17)8(6-16)2-3-18-13/h2-5H,17H2,1H3,(H,18,19). The maximum Gasteiger partial charge on any atom is 0.154 e. The highest BCUT2D eigenvalue weighted by molar-refractivity contribution is 9.10. The summed E-state index contributed by atoms with van der Waals surface area (Å²) in [5.74, 6) is 0.0374. The Morgan fingerprint density at radius 2 is 2.21 bits per heavy atom. The van der Waals surface area contributed by atoms with Gasteiger partial charge >= 0.3 is 0 Å². The molecule has 3 N–H and O–H groups in total. The number of rotatable bonds is 2. The molecule has 2 aromatic rings. The van der Waals surface area contributed by atoms with Crippen molar-refractivity contribution in [2.24, 2.45) is 0 Å². The first-order valence-electron chi connectivity index (χ1n) is 5.40. The molecule has 0 saturated heterocycles. The van der Waals surface area contributed by atoms with Crippen LogP contribution in [0.25, 0.3) is 0 Å². The van der Waals surface area contributed by atoms with Crippen molar-refractivity contribution in [1.82, 2.24) is 4.98 Å². The highest BCUT2D eigenvalue weighted by Gasteiger charge is 2.09. The third-order valence-electron chi connectivity index (χ3n) is 2.63. The van der Waals surface area contributed by atoms with Crippen molar-refractivity contribution in [2.75, 3.05) is 11.1 Å². The Kier molecular flexibility index (Phi) is 3.67. The van der Waals surface area contributed by atoms with E-state index >= 15 is 0 Å². The predicted octanol–water partition coefficient (Wildman–Crippen LogP) is 3.49. The number of pyridine rings is 1. The van der Waals surface area contributed by atoms with Gasteiger partial charge in [0, 0.05) is 11.9 Å². The largest absolute Gasteiger partial charge is 0.395 e. The summed E-state index contributed by atoms with van der Waals surface area (Å²) in [6.45, 7) is 1.77. The second-order valence-electron chi connectivity index (χ2n) is 3.94. The third kappa shape index (κ3) is 2.66. The SMILES string of the molecule is Cc1cc(F)c(Br)cc1Nc1nccc(C#N)c1N. The van der Waals surface area contributed by atoms with E-state index in [4.69, 9.17) is 11.0 Å². The normalized spacial score (nSPS) is 10.0. The van der Waals surface area contributed by atoms with Crippen LogP contribution in [0.15, 0.2) is 28.9 Å². The first-order chi connectivity index (χ1) is 9.02. The van der Waals surface area contributed by atoms with Crippen LogP contribution in [0.5, 0.6) is 0 Å². The van der Waals surface area contributed by atoms with Crippen LogP contribution < -0.4 is 11.1 Å². The van der Waals surface area contributed by atoms with Crippen LogP contribution in [0, 0.1) is 24.1 Å². The zero-order valence-electron chi connectivity index (χ0n) is 10.0. The minimum atomic E-state index is -0.338. The Labute approximate surface area is 118 Å². The third-order valence-corrected chi connectivity index (χ3v) is 3.24. The number of benzene rings is 1. The van der Waals surface area contributed by atoms with E-state index in [1.165, 1.54) is 18.3 Å². The number of aromatic nitrogens is 1. The molecule has 0 atom stereocenters. The van der Waals surface area contributed by atoms with Gasteiger partial charge in [0.05, 0.1) is 15.7 Å². The van der Waals surface area contributed by atoms with Gasteiger partial charge in [-0.15, -0.1) is 0 Å². The topological polar surface area (TPSA) is 74.7 Å². The van der Waals surface area contributed by atoms with Crippen molar-refractivity contribution >= 4 is 33.1 Å². The minimum Gasteiger partial charge on any atom is -0.395 e. The molecule has 0 aliphatic heterocycles. The number of hydrogen-bond acceptors (Lipinski definition) is 4. The molecule has 1 aromatic heterocycles. The predicted molar refractivity (Wildman–Crippen MR) is 75.5 cm³/mol. The quantitative estimate of drug-likeness (QED) is 0.888. The molecule has 4 nitrogen and oxygen atoms in total. The molecule has 0 aliphatic carbocycles. The second-order valence-corrected chi connectivity index (χ2v) is 4.79. The van der Waals surface area contributed by atoms with E-state index in [-0.39, 0.29) is 11.5 Å². The molecule has 0 saturated carbocycles. The van der Waals surface area contributed by atoms with Gasteiger partial charge in [0.2, 0.25) is 0 Å². The molecule has 0 amide bonds. The molecule has 6 heteroatoms. The van der Waals surface area contributed by atoms with Gasteiger partial charge in [-0.3, -0.25) is 0 Å². The van der Waals surface area contributed by atoms with Gasteiger partial charge in [0.1, 0.15) is 11.9 Å². The van der Waals surface area contributed by atoms with E-state index in [0.717, 1.165) is 0 Å². The maximum absolute atomic E-state index is 13.3. The molecule has 2 rings (SSSR count). The van der Waals surface area contributed by atoms with Crippen LogP contribution in [-0.4, -0.2) is 4.98 Å². The van der Waals surface area contributed by atoms with Crippen LogP contribution in [0.4, 0.5) is 21.6 Å². The van der Waals surface area contributed by atoms with Crippen LogP contribution in [0.1, 0.15) is 11.1 Å². The van der Waals surface area contributed by atoms with Gasteiger partial charge in [-0.2, -0.15) is 5.26 Å². The first kappa shape index (κ1) is 13.3. The van der Waals surface area contributed by atoms with Gasteiger partial charge < -0.3 is 11.1 Å². The van der Waals surface area contributed by atoms with Crippen molar-refractivity contribution in [3.63, 3.8) is 0 Å². The average molecular weight is 321 g/mol. The Balaban J connectivity index is 2.43. The number of hydrogen-bond donors (Lipinski definition) is 2. The van der Waals surface area contributed by atoms with E-state index in [1.54, 1.807) is 13.0 Å². The number of anilines is 3. The summed E-state index contributed by atoms with van der Waals surface area (Å²) in [5.41, 5.74) is 7.82. The minimum absolute atomic E-state index is 0.268. The monoisotopic (exact) mass is 320 g/mol. The Morgan fingerprint density at radius 1 is 1.47 bits per heavy atom. The molecule has 0 aliphatic rings. The molecule has 0 radical (unpaired) electrons. The number of nitrogen functional groups attached to an aromatic ring is 1.